The van der Waals surface area contributed by atoms with Crippen LogP contribution in [0.4, 0.5) is 0 Å². The summed E-state index contributed by atoms with van der Waals surface area (Å²) in [6.45, 7) is 6.19. The summed E-state index contributed by atoms with van der Waals surface area (Å²) in [5, 5.41) is 15.4. The summed E-state index contributed by atoms with van der Waals surface area (Å²) in [6, 6.07) is 42.9. The fourth-order valence-corrected chi connectivity index (χ4v) is 5.44. The van der Waals surface area contributed by atoms with Gasteiger partial charge in [-0.1, -0.05) is 121 Å². The van der Waals surface area contributed by atoms with E-state index in [4.69, 9.17) is 0 Å². The van der Waals surface area contributed by atoms with Crippen molar-refractivity contribution >= 4 is 0 Å². The van der Waals surface area contributed by atoms with E-state index in [1.807, 2.05) is 6.07 Å². The molecule has 196 valence electrons. The first-order valence-electron chi connectivity index (χ1n) is 13.7. The van der Waals surface area contributed by atoms with Gasteiger partial charge in [-0.15, -0.1) is 0 Å². The normalized spacial score (nSPS) is 19.1. The van der Waals surface area contributed by atoms with E-state index in [1.54, 1.807) is 0 Å². The summed E-state index contributed by atoms with van der Waals surface area (Å²) in [6.07, 6.45) is -0.514. The van der Waals surface area contributed by atoms with Gasteiger partial charge in [-0.2, -0.15) is 0 Å². The third-order valence-corrected chi connectivity index (χ3v) is 7.59. The monoisotopic (exact) mass is 505 g/mol. The van der Waals surface area contributed by atoms with Crippen molar-refractivity contribution in [2.24, 2.45) is 0 Å². The van der Waals surface area contributed by atoms with Crippen molar-refractivity contribution in [3.8, 4) is 0 Å². The number of nitrogens with one attached hydrogen (secondary N) is 1. The van der Waals surface area contributed by atoms with Gasteiger partial charge in [0.1, 0.15) is 0 Å². The van der Waals surface area contributed by atoms with Crippen molar-refractivity contribution in [1.29, 1.82) is 0 Å². The van der Waals surface area contributed by atoms with Gasteiger partial charge in [0, 0.05) is 44.8 Å². The van der Waals surface area contributed by atoms with Crippen LogP contribution in [0.1, 0.15) is 35.2 Å². The Morgan fingerprint density at radius 2 is 1.21 bits per heavy atom. The first kappa shape index (κ1) is 26.3. The molecule has 4 aromatic carbocycles. The lowest BCUT2D eigenvalue weighted by atomic mass is 10.0. The minimum atomic E-state index is -0.514. The van der Waals surface area contributed by atoms with Gasteiger partial charge in [-0.25, -0.2) is 0 Å². The molecule has 4 nitrogen and oxygen atoms in total. The van der Waals surface area contributed by atoms with E-state index in [9.17, 15) is 5.11 Å². The van der Waals surface area contributed by atoms with Crippen molar-refractivity contribution < 1.29 is 5.11 Å². The van der Waals surface area contributed by atoms with Crippen LogP contribution in [0.3, 0.4) is 0 Å². The molecule has 0 aliphatic carbocycles. The van der Waals surface area contributed by atoms with Crippen LogP contribution in [0, 0.1) is 0 Å². The Morgan fingerprint density at radius 1 is 0.737 bits per heavy atom. The quantitative estimate of drug-likeness (QED) is 0.230. The van der Waals surface area contributed by atoms with Crippen LogP contribution >= 0.6 is 0 Å². The first-order chi connectivity index (χ1) is 18.7. The summed E-state index contributed by atoms with van der Waals surface area (Å²) in [5.74, 6) is 0. The summed E-state index contributed by atoms with van der Waals surface area (Å²) in [5.41, 5.74) is 5.08. The average molecular weight is 506 g/mol. The topological polar surface area (TPSA) is 38.5 Å². The molecule has 0 bridgehead atoms. The fourth-order valence-electron chi connectivity index (χ4n) is 5.44. The van der Waals surface area contributed by atoms with Crippen molar-refractivity contribution in [1.82, 2.24) is 15.1 Å². The largest absolute Gasteiger partial charge is 0.390 e. The van der Waals surface area contributed by atoms with Crippen LogP contribution in [0.15, 0.2) is 121 Å². The van der Waals surface area contributed by atoms with E-state index >= 15 is 0 Å². The van der Waals surface area contributed by atoms with E-state index in [0.717, 1.165) is 26.2 Å². The van der Waals surface area contributed by atoms with Gasteiger partial charge in [0.2, 0.25) is 0 Å². The van der Waals surface area contributed by atoms with Crippen molar-refractivity contribution in [2.75, 3.05) is 13.1 Å². The molecule has 5 atom stereocenters. The lowest BCUT2D eigenvalue weighted by molar-refractivity contribution is 0.0302. The molecule has 1 saturated heterocycles. The predicted molar refractivity (Wildman–Crippen MR) is 155 cm³/mol. The molecule has 1 aliphatic rings. The minimum Gasteiger partial charge on any atom is -0.390 e. The molecule has 1 unspecified atom stereocenters. The Balaban J connectivity index is 1.37. The number of nitrogens with zero attached hydrogens (tertiary/aromatic N) is 2. The van der Waals surface area contributed by atoms with Gasteiger partial charge < -0.3 is 10.4 Å². The molecule has 38 heavy (non-hydrogen) atoms. The summed E-state index contributed by atoms with van der Waals surface area (Å²) >= 11 is 0. The lowest BCUT2D eigenvalue weighted by Crippen LogP contribution is -2.51. The number of hydrogen-bond acceptors (Lipinski definition) is 4. The van der Waals surface area contributed by atoms with E-state index in [-0.39, 0.29) is 12.1 Å². The molecule has 0 spiro atoms. The minimum absolute atomic E-state index is 0.00500. The standard InChI is InChI=1S/C34H39N3O/c1-27(31-20-12-5-13-21-31)35-22-33(38)34(32-26-36(32)23-28-14-6-2-7-15-28)37(24-29-16-8-3-9-17-29)25-30-18-10-4-11-19-30/h2-21,27,32-35,38H,22-26H2,1H3/t27-,32-,33-,34+,36?/m0/s1. The highest BCUT2D eigenvalue weighted by atomic mass is 16.3. The van der Waals surface area contributed by atoms with E-state index in [1.165, 1.54) is 22.3 Å². The Bertz CT molecular complexity index is 1180. The molecule has 2 N–H and O–H groups in total. The Labute approximate surface area is 227 Å². The van der Waals surface area contributed by atoms with Crippen LogP contribution in [-0.4, -0.2) is 46.2 Å². The molecule has 0 saturated carbocycles. The van der Waals surface area contributed by atoms with Gasteiger partial charge in [-0.05, 0) is 29.2 Å². The fraction of sp³-hybridized carbons (Fsp3) is 0.294. The maximum atomic E-state index is 11.8. The third kappa shape index (κ3) is 7.18. The summed E-state index contributed by atoms with van der Waals surface area (Å²) < 4.78 is 0. The smallest absolute Gasteiger partial charge is 0.0835 e. The Morgan fingerprint density at radius 3 is 1.74 bits per heavy atom. The van der Waals surface area contributed by atoms with Gasteiger partial charge in [0.15, 0.2) is 0 Å². The molecule has 4 aromatic rings. The van der Waals surface area contributed by atoms with Crippen molar-refractivity contribution in [2.45, 2.75) is 50.8 Å². The lowest BCUT2D eigenvalue weighted by Gasteiger charge is -2.36. The van der Waals surface area contributed by atoms with Crippen molar-refractivity contribution in [3.63, 3.8) is 0 Å². The molecule has 1 heterocycles. The van der Waals surface area contributed by atoms with Gasteiger partial charge in [-0.3, -0.25) is 9.80 Å². The maximum Gasteiger partial charge on any atom is 0.0835 e. The highest BCUT2D eigenvalue weighted by molar-refractivity contribution is 5.21. The first-order valence-corrected chi connectivity index (χ1v) is 13.7. The number of rotatable bonds is 13. The highest BCUT2D eigenvalue weighted by Gasteiger charge is 2.46. The van der Waals surface area contributed by atoms with Crippen LogP contribution in [0.2, 0.25) is 0 Å². The number of aliphatic hydroxyl groups excluding tert-OH is 1. The second-order valence-corrected chi connectivity index (χ2v) is 10.5. The van der Waals surface area contributed by atoms with E-state index < -0.39 is 6.10 Å². The molecule has 0 radical (unpaired) electrons. The molecule has 4 heteroatoms. The molecule has 0 aromatic heterocycles. The number of aliphatic hydroxyl groups is 1. The Hall–Kier alpha value is -3.28. The summed E-state index contributed by atoms with van der Waals surface area (Å²) in [4.78, 5) is 4.98. The molecular weight excluding hydrogens is 466 g/mol. The van der Waals surface area contributed by atoms with Gasteiger partial charge in [0.05, 0.1) is 12.1 Å². The van der Waals surface area contributed by atoms with Crippen LogP contribution < -0.4 is 5.32 Å². The molecular formula is C34H39N3O. The second-order valence-electron chi connectivity index (χ2n) is 10.5. The average Bonchev–Trinajstić information content (AvgIpc) is 3.72. The third-order valence-electron chi connectivity index (χ3n) is 7.59. The Kier molecular flexibility index (Phi) is 9.00. The van der Waals surface area contributed by atoms with Crippen LogP contribution in [0.25, 0.3) is 0 Å². The zero-order valence-electron chi connectivity index (χ0n) is 22.2. The molecule has 0 amide bonds. The SMILES string of the molecule is C[C@H](NC[C@H](O)[C@@H]([C@@H]1CN1Cc1ccccc1)N(Cc1ccccc1)Cc1ccccc1)c1ccccc1. The molecule has 5 rings (SSSR count). The molecule has 1 fully saturated rings. The summed E-state index contributed by atoms with van der Waals surface area (Å²) in [7, 11) is 0. The highest BCUT2D eigenvalue weighted by Crippen LogP contribution is 2.31. The predicted octanol–water partition coefficient (Wildman–Crippen LogP) is 5.65. The zero-order valence-corrected chi connectivity index (χ0v) is 22.2. The second kappa shape index (κ2) is 13.0. The molecule has 1 aliphatic heterocycles. The zero-order chi connectivity index (χ0) is 26.2. The van der Waals surface area contributed by atoms with E-state index in [2.05, 4.69) is 137 Å². The van der Waals surface area contributed by atoms with Gasteiger partial charge >= 0.3 is 0 Å². The van der Waals surface area contributed by atoms with Crippen LogP contribution in [-0.2, 0) is 19.6 Å². The van der Waals surface area contributed by atoms with Crippen LogP contribution in [0.5, 0.6) is 0 Å². The number of benzene rings is 4. The van der Waals surface area contributed by atoms with E-state index in [0.29, 0.717) is 12.6 Å². The number of hydrogen-bond donors (Lipinski definition) is 2. The van der Waals surface area contributed by atoms with Gasteiger partial charge in [0.25, 0.3) is 0 Å². The van der Waals surface area contributed by atoms with Crippen molar-refractivity contribution in [3.05, 3.63) is 144 Å². The maximum absolute atomic E-state index is 11.8.